The molecule has 1 aromatic rings. The summed E-state index contributed by atoms with van der Waals surface area (Å²) in [6.07, 6.45) is 3.99. The number of amides is 1. The third-order valence-electron chi connectivity index (χ3n) is 5.98. The number of likely N-dealkylation sites (tertiary alicyclic amines) is 1. The fourth-order valence-electron chi connectivity index (χ4n) is 4.21. The molecule has 2 rings (SSSR count). The van der Waals surface area contributed by atoms with Gasteiger partial charge in [-0.2, -0.15) is 0 Å². The lowest BCUT2D eigenvalue weighted by Crippen LogP contribution is -2.54. The molecule has 2 N–H and O–H groups in total. The predicted molar refractivity (Wildman–Crippen MR) is 135 cm³/mol. The Hall–Kier alpha value is -1.75. The quantitative estimate of drug-likeness (QED) is 0.529. The van der Waals surface area contributed by atoms with E-state index in [-0.39, 0.29) is 11.3 Å². The van der Waals surface area contributed by atoms with Crippen LogP contribution in [0.2, 0.25) is 0 Å². The predicted octanol–water partition coefficient (Wildman–Crippen LogP) is 5.33. The molecule has 1 aliphatic rings. The van der Waals surface area contributed by atoms with Crippen LogP contribution in [0.5, 0.6) is 5.75 Å². The lowest BCUT2D eigenvalue weighted by atomic mass is 9.98. The van der Waals surface area contributed by atoms with Crippen molar-refractivity contribution < 1.29 is 9.53 Å². The van der Waals surface area contributed by atoms with Crippen LogP contribution in [0.4, 0.5) is 5.69 Å². The summed E-state index contributed by atoms with van der Waals surface area (Å²) in [7, 11) is 0. The largest absolute Gasteiger partial charge is 0.493 e. The van der Waals surface area contributed by atoms with Crippen LogP contribution in [-0.4, -0.2) is 49.1 Å². The molecule has 1 aromatic carbocycles. The summed E-state index contributed by atoms with van der Waals surface area (Å²) >= 11 is 0. The molecule has 1 saturated heterocycles. The molecular formula is C27H47N3O2. The highest BCUT2D eigenvalue weighted by Crippen LogP contribution is 2.27. The van der Waals surface area contributed by atoms with E-state index in [4.69, 9.17) is 10.5 Å². The normalized spacial score (nSPS) is 18.2. The van der Waals surface area contributed by atoms with Gasteiger partial charge < -0.3 is 20.3 Å². The summed E-state index contributed by atoms with van der Waals surface area (Å²) < 4.78 is 5.97. The van der Waals surface area contributed by atoms with E-state index in [1.54, 1.807) is 0 Å². The highest BCUT2D eigenvalue weighted by Gasteiger charge is 2.30. The topological polar surface area (TPSA) is 58.8 Å². The summed E-state index contributed by atoms with van der Waals surface area (Å²) in [5.41, 5.74) is 7.58. The van der Waals surface area contributed by atoms with Crippen molar-refractivity contribution in [1.82, 2.24) is 4.90 Å². The zero-order valence-electron chi connectivity index (χ0n) is 21.6. The van der Waals surface area contributed by atoms with Gasteiger partial charge in [0.2, 0.25) is 5.91 Å². The molecule has 1 aliphatic heterocycles. The first kappa shape index (κ1) is 26.5. The van der Waals surface area contributed by atoms with Gasteiger partial charge in [0.15, 0.2) is 0 Å². The Labute approximate surface area is 196 Å². The Bertz CT molecular complexity index is 694. The molecule has 0 radical (unpaired) electrons. The van der Waals surface area contributed by atoms with Gasteiger partial charge in [-0.25, -0.2) is 0 Å². The SMILES string of the molecule is CC(C)CCN(c1ccc(OCC(C)(C)C)cc1)C1CCCN(C(=O)C(N)CC(C)C)C1. The van der Waals surface area contributed by atoms with Crippen LogP contribution in [-0.2, 0) is 4.79 Å². The molecule has 5 heteroatoms. The van der Waals surface area contributed by atoms with Gasteiger partial charge in [0, 0.05) is 31.4 Å². The van der Waals surface area contributed by atoms with Crippen molar-refractivity contribution in [2.24, 2.45) is 23.0 Å². The van der Waals surface area contributed by atoms with Gasteiger partial charge >= 0.3 is 0 Å². The van der Waals surface area contributed by atoms with Crippen LogP contribution in [0.25, 0.3) is 0 Å². The maximum absolute atomic E-state index is 13.0. The Morgan fingerprint density at radius 3 is 2.38 bits per heavy atom. The number of nitrogens with two attached hydrogens (primary N) is 1. The molecule has 182 valence electrons. The van der Waals surface area contributed by atoms with E-state index in [1.807, 2.05) is 4.90 Å². The van der Waals surface area contributed by atoms with E-state index >= 15 is 0 Å². The first-order valence-corrected chi connectivity index (χ1v) is 12.5. The third kappa shape index (κ3) is 8.65. The van der Waals surface area contributed by atoms with Crippen molar-refractivity contribution in [2.45, 2.75) is 86.2 Å². The number of benzene rings is 1. The minimum Gasteiger partial charge on any atom is -0.493 e. The Morgan fingerprint density at radius 1 is 1.16 bits per heavy atom. The van der Waals surface area contributed by atoms with Crippen LogP contribution in [0.15, 0.2) is 24.3 Å². The zero-order valence-corrected chi connectivity index (χ0v) is 21.6. The van der Waals surface area contributed by atoms with Crippen molar-refractivity contribution >= 4 is 11.6 Å². The number of carbonyl (C=O) groups is 1. The minimum atomic E-state index is -0.392. The number of hydrogen-bond acceptors (Lipinski definition) is 4. The molecule has 1 fully saturated rings. The second-order valence-electron chi connectivity index (χ2n) is 11.5. The van der Waals surface area contributed by atoms with E-state index in [0.717, 1.165) is 51.1 Å². The molecule has 0 bridgehead atoms. The number of carbonyl (C=O) groups excluding carboxylic acids is 1. The third-order valence-corrected chi connectivity index (χ3v) is 5.98. The first-order valence-electron chi connectivity index (χ1n) is 12.5. The number of nitrogens with zero attached hydrogens (tertiary/aromatic N) is 2. The van der Waals surface area contributed by atoms with Crippen molar-refractivity contribution in [3.8, 4) is 5.75 Å². The van der Waals surface area contributed by atoms with E-state index in [1.165, 1.54) is 5.69 Å². The number of rotatable bonds is 10. The van der Waals surface area contributed by atoms with Crippen molar-refractivity contribution in [3.05, 3.63) is 24.3 Å². The van der Waals surface area contributed by atoms with Gasteiger partial charge in [-0.15, -0.1) is 0 Å². The van der Waals surface area contributed by atoms with E-state index in [9.17, 15) is 4.79 Å². The first-order chi connectivity index (χ1) is 15.0. The Balaban J connectivity index is 2.12. The number of hydrogen-bond donors (Lipinski definition) is 1. The van der Waals surface area contributed by atoms with Crippen LogP contribution in [0.1, 0.15) is 74.1 Å². The number of ether oxygens (including phenoxy) is 1. The maximum atomic E-state index is 13.0. The lowest BCUT2D eigenvalue weighted by molar-refractivity contribution is -0.134. The van der Waals surface area contributed by atoms with Gasteiger partial charge in [-0.1, -0.05) is 48.5 Å². The van der Waals surface area contributed by atoms with Crippen LogP contribution in [0, 0.1) is 17.3 Å². The van der Waals surface area contributed by atoms with E-state index < -0.39 is 6.04 Å². The second-order valence-corrected chi connectivity index (χ2v) is 11.5. The van der Waals surface area contributed by atoms with Crippen molar-refractivity contribution in [1.29, 1.82) is 0 Å². The Morgan fingerprint density at radius 2 is 1.81 bits per heavy atom. The molecule has 2 unspecified atom stereocenters. The molecule has 32 heavy (non-hydrogen) atoms. The average Bonchev–Trinajstić information content (AvgIpc) is 2.71. The maximum Gasteiger partial charge on any atom is 0.239 e. The van der Waals surface area contributed by atoms with Crippen LogP contribution < -0.4 is 15.4 Å². The monoisotopic (exact) mass is 445 g/mol. The highest BCUT2D eigenvalue weighted by molar-refractivity contribution is 5.81. The second kappa shape index (κ2) is 11.9. The van der Waals surface area contributed by atoms with Crippen molar-refractivity contribution in [3.63, 3.8) is 0 Å². The minimum absolute atomic E-state index is 0.109. The summed E-state index contributed by atoms with van der Waals surface area (Å²) in [5.74, 6) is 2.08. The smallest absolute Gasteiger partial charge is 0.239 e. The van der Waals surface area contributed by atoms with E-state index in [2.05, 4.69) is 77.6 Å². The molecule has 1 amide bonds. The van der Waals surface area contributed by atoms with Gasteiger partial charge in [0.1, 0.15) is 5.75 Å². The van der Waals surface area contributed by atoms with E-state index in [0.29, 0.717) is 24.5 Å². The van der Waals surface area contributed by atoms with Gasteiger partial charge in [0.25, 0.3) is 0 Å². The molecule has 0 aliphatic carbocycles. The summed E-state index contributed by atoms with van der Waals surface area (Å²) in [6.45, 7) is 18.6. The van der Waals surface area contributed by atoms with Gasteiger partial charge in [-0.3, -0.25) is 4.79 Å². The summed E-state index contributed by atoms with van der Waals surface area (Å²) in [5, 5.41) is 0. The number of anilines is 1. The molecule has 0 aromatic heterocycles. The standard InChI is InChI=1S/C27H47N3O2/c1-20(2)14-16-30(22-10-12-24(13-11-22)32-19-27(5,6)7)23-9-8-15-29(18-23)26(31)25(28)17-21(3)4/h10-13,20-21,23,25H,8-9,14-19,28H2,1-7H3. The molecule has 2 atom stereocenters. The molecule has 0 saturated carbocycles. The highest BCUT2D eigenvalue weighted by atomic mass is 16.5. The molecular weight excluding hydrogens is 398 g/mol. The zero-order chi connectivity index (χ0) is 23.9. The fourth-order valence-corrected chi connectivity index (χ4v) is 4.21. The molecule has 5 nitrogen and oxygen atoms in total. The van der Waals surface area contributed by atoms with Gasteiger partial charge in [-0.05, 0) is 67.2 Å². The number of piperidine rings is 1. The molecule has 0 spiro atoms. The summed E-state index contributed by atoms with van der Waals surface area (Å²) in [4.78, 5) is 17.5. The average molecular weight is 446 g/mol. The summed E-state index contributed by atoms with van der Waals surface area (Å²) in [6, 6.07) is 8.42. The van der Waals surface area contributed by atoms with Crippen LogP contribution >= 0.6 is 0 Å². The van der Waals surface area contributed by atoms with Crippen molar-refractivity contribution in [2.75, 3.05) is 31.1 Å². The van der Waals surface area contributed by atoms with Crippen LogP contribution in [0.3, 0.4) is 0 Å². The lowest BCUT2D eigenvalue weighted by Gasteiger charge is -2.41. The molecule has 1 heterocycles. The Kier molecular flexibility index (Phi) is 9.87. The van der Waals surface area contributed by atoms with Gasteiger partial charge in [0.05, 0.1) is 12.6 Å². The fraction of sp³-hybridized carbons (Fsp3) is 0.741.